The Balaban J connectivity index is 2.66. The highest BCUT2D eigenvalue weighted by Gasteiger charge is 2.03. The first-order valence-electron chi connectivity index (χ1n) is 5.01. The van der Waals surface area contributed by atoms with E-state index in [9.17, 15) is 8.78 Å². The van der Waals surface area contributed by atoms with Crippen LogP contribution in [0, 0.1) is 17.6 Å². The number of nitrogens with two attached hydrogens (primary N) is 1. The van der Waals surface area contributed by atoms with Gasteiger partial charge in [0.2, 0.25) is 0 Å². The molecule has 0 aliphatic heterocycles. The van der Waals surface area contributed by atoms with Crippen molar-refractivity contribution < 1.29 is 8.78 Å². The van der Waals surface area contributed by atoms with E-state index in [1.165, 1.54) is 6.07 Å². The standard InChI is InChI=1S/C11H15F2N3/c1-7(2)6-15-11(14)16-8-3-4-9(12)10(13)5-8/h3-5,7H,6H2,1-2H3,(H3,14,15,16). The van der Waals surface area contributed by atoms with Crippen molar-refractivity contribution in [3.63, 3.8) is 0 Å². The molecule has 0 bridgehead atoms. The first-order valence-corrected chi connectivity index (χ1v) is 5.01. The third kappa shape index (κ3) is 3.84. The normalized spacial score (nSPS) is 11.9. The molecule has 0 unspecified atom stereocenters. The van der Waals surface area contributed by atoms with Crippen molar-refractivity contribution in [3.8, 4) is 0 Å². The fourth-order valence-corrected chi connectivity index (χ4v) is 1.04. The Morgan fingerprint density at radius 3 is 2.62 bits per heavy atom. The lowest BCUT2D eigenvalue weighted by Gasteiger charge is -2.06. The quantitative estimate of drug-likeness (QED) is 0.615. The van der Waals surface area contributed by atoms with Crippen LogP contribution < -0.4 is 11.1 Å². The summed E-state index contributed by atoms with van der Waals surface area (Å²) in [5, 5.41) is 2.69. The van der Waals surface area contributed by atoms with Crippen LogP contribution in [-0.4, -0.2) is 12.5 Å². The fraction of sp³-hybridized carbons (Fsp3) is 0.364. The second-order valence-corrected chi connectivity index (χ2v) is 3.87. The van der Waals surface area contributed by atoms with Crippen molar-refractivity contribution in [1.82, 2.24) is 0 Å². The predicted molar refractivity (Wildman–Crippen MR) is 61.3 cm³/mol. The summed E-state index contributed by atoms with van der Waals surface area (Å²) in [7, 11) is 0. The van der Waals surface area contributed by atoms with E-state index >= 15 is 0 Å². The third-order valence-electron chi connectivity index (χ3n) is 1.82. The van der Waals surface area contributed by atoms with Crippen molar-refractivity contribution >= 4 is 11.6 Å². The smallest absolute Gasteiger partial charge is 0.193 e. The van der Waals surface area contributed by atoms with Gasteiger partial charge in [0.05, 0.1) is 0 Å². The van der Waals surface area contributed by atoms with Gasteiger partial charge in [-0.3, -0.25) is 4.99 Å². The Hall–Kier alpha value is -1.65. The van der Waals surface area contributed by atoms with E-state index in [4.69, 9.17) is 5.73 Å². The minimum atomic E-state index is -0.915. The summed E-state index contributed by atoms with van der Waals surface area (Å²) in [4.78, 5) is 4.04. The number of nitrogens with zero attached hydrogens (tertiary/aromatic N) is 1. The second kappa shape index (κ2) is 5.44. The number of halogens is 2. The van der Waals surface area contributed by atoms with Gasteiger partial charge in [0.25, 0.3) is 0 Å². The molecule has 3 N–H and O–H groups in total. The molecule has 0 aromatic heterocycles. The first kappa shape index (κ1) is 12.4. The molecule has 0 amide bonds. The molecule has 88 valence electrons. The molecular weight excluding hydrogens is 212 g/mol. The van der Waals surface area contributed by atoms with Gasteiger partial charge < -0.3 is 11.1 Å². The summed E-state index contributed by atoms with van der Waals surface area (Å²) in [5.74, 6) is -1.21. The average Bonchev–Trinajstić information content (AvgIpc) is 2.21. The molecule has 0 heterocycles. The van der Waals surface area contributed by atoms with Gasteiger partial charge in [0.15, 0.2) is 17.6 Å². The van der Waals surface area contributed by atoms with Crippen LogP contribution in [0.4, 0.5) is 14.5 Å². The van der Waals surface area contributed by atoms with Gasteiger partial charge in [-0.25, -0.2) is 8.78 Å². The molecule has 0 fully saturated rings. The third-order valence-corrected chi connectivity index (χ3v) is 1.82. The SMILES string of the molecule is CC(C)CN=C(N)Nc1ccc(F)c(F)c1. The molecule has 1 aromatic rings. The average molecular weight is 227 g/mol. The van der Waals surface area contributed by atoms with Gasteiger partial charge in [-0.05, 0) is 18.1 Å². The minimum absolute atomic E-state index is 0.194. The molecule has 0 atom stereocenters. The summed E-state index contributed by atoms with van der Waals surface area (Å²) in [6.45, 7) is 4.60. The molecular formula is C11H15F2N3. The van der Waals surface area contributed by atoms with Crippen LogP contribution in [0.3, 0.4) is 0 Å². The highest BCUT2D eigenvalue weighted by Crippen LogP contribution is 2.12. The predicted octanol–water partition coefficient (Wildman–Crippen LogP) is 2.35. The highest BCUT2D eigenvalue weighted by atomic mass is 19.2. The summed E-state index contributed by atoms with van der Waals surface area (Å²) < 4.78 is 25.5. The van der Waals surface area contributed by atoms with Crippen LogP contribution in [0.15, 0.2) is 23.2 Å². The van der Waals surface area contributed by atoms with Crippen molar-refractivity contribution in [3.05, 3.63) is 29.8 Å². The Bertz CT molecular complexity index is 389. The number of benzene rings is 1. The number of anilines is 1. The summed E-state index contributed by atoms with van der Waals surface area (Å²) in [6.07, 6.45) is 0. The molecule has 3 nitrogen and oxygen atoms in total. The number of rotatable bonds is 3. The topological polar surface area (TPSA) is 50.4 Å². The number of guanidine groups is 1. The van der Waals surface area contributed by atoms with Gasteiger partial charge in [0.1, 0.15) is 0 Å². The molecule has 16 heavy (non-hydrogen) atoms. The highest BCUT2D eigenvalue weighted by molar-refractivity contribution is 5.92. The molecule has 0 saturated heterocycles. The van der Waals surface area contributed by atoms with Gasteiger partial charge >= 0.3 is 0 Å². The van der Waals surface area contributed by atoms with E-state index in [0.717, 1.165) is 12.1 Å². The van der Waals surface area contributed by atoms with Crippen LogP contribution in [-0.2, 0) is 0 Å². The van der Waals surface area contributed by atoms with Crippen molar-refractivity contribution in [2.24, 2.45) is 16.6 Å². The first-order chi connectivity index (χ1) is 7.49. The molecule has 5 heteroatoms. The van der Waals surface area contributed by atoms with E-state index in [2.05, 4.69) is 10.3 Å². The lowest BCUT2D eigenvalue weighted by atomic mass is 10.2. The Morgan fingerprint density at radius 1 is 1.38 bits per heavy atom. The van der Waals surface area contributed by atoms with Gasteiger partial charge in [-0.2, -0.15) is 0 Å². The van der Waals surface area contributed by atoms with Gasteiger partial charge in [-0.15, -0.1) is 0 Å². The van der Waals surface area contributed by atoms with Crippen LogP contribution >= 0.6 is 0 Å². The number of nitrogens with one attached hydrogen (secondary N) is 1. The summed E-state index contributed by atoms with van der Waals surface area (Å²) in [5.41, 5.74) is 5.94. The monoisotopic (exact) mass is 227 g/mol. The Kier molecular flexibility index (Phi) is 4.22. The number of aliphatic imine (C=N–C) groups is 1. The van der Waals surface area contributed by atoms with Crippen molar-refractivity contribution in [2.75, 3.05) is 11.9 Å². The molecule has 0 spiro atoms. The van der Waals surface area contributed by atoms with Gasteiger partial charge in [0, 0.05) is 18.3 Å². The van der Waals surface area contributed by atoms with E-state index in [1.54, 1.807) is 0 Å². The zero-order chi connectivity index (χ0) is 12.1. The summed E-state index contributed by atoms with van der Waals surface area (Å²) >= 11 is 0. The maximum atomic E-state index is 12.8. The van der Waals surface area contributed by atoms with Crippen LogP contribution in [0.1, 0.15) is 13.8 Å². The van der Waals surface area contributed by atoms with E-state index in [1.807, 2.05) is 13.8 Å². The van der Waals surface area contributed by atoms with Crippen LogP contribution in [0.25, 0.3) is 0 Å². The lowest BCUT2D eigenvalue weighted by Crippen LogP contribution is -2.23. The maximum Gasteiger partial charge on any atom is 0.193 e. The molecule has 1 aromatic carbocycles. The largest absolute Gasteiger partial charge is 0.370 e. The molecule has 0 aliphatic carbocycles. The maximum absolute atomic E-state index is 12.8. The zero-order valence-corrected chi connectivity index (χ0v) is 9.30. The minimum Gasteiger partial charge on any atom is -0.370 e. The van der Waals surface area contributed by atoms with E-state index in [-0.39, 0.29) is 5.96 Å². The summed E-state index contributed by atoms with van der Waals surface area (Å²) in [6, 6.07) is 3.47. The molecule has 0 saturated carbocycles. The zero-order valence-electron chi connectivity index (χ0n) is 9.30. The van der Waals surface area contributed by atoms with Crippen molar-refractivity contribution in [1.29, 1.82) is 0 Å². The second-order valence-electron chi connectivity index (χ2n) is 3.87. The van der Waals surface area contributed by atoms with Gasteiger partial charge in [-0.1, -0.05) is 13.8 Å². The number of hydrogen-bond acceptors (Lipinski definition) is 1. The van der Waals surface area contributed by atoms with Crippen molar-refractivity contribution in [2.45, 2.75) is 13.8 Å². The Morgan fingerprint density at radius 2 is 2.06 bits per heavy atom. The fourth-order valence-electron chi connectivity index (χ4n) is 1.04. The molecule has 0 radical (unpaired) electrons. The van der Waals surface area contributed by atoms with Crippen LogP contribution in [0.5, 0.6) is 0 Å². The van der Waals surface area contributed by atoms with E-state index in [0.29, 0.717) is 18.2 Å². The van der Waals surface area contributed by atoms with Crippen LogP contribution in [0.2, 0.25) is 0 Å². The number of hydrogen-bond donors (Lipinski definition) is 2. The van der Waals surface area contributed by atoms with E-state index < -0.39 is 11.6 Å². The Labute approximate surface area is 93.4 Å². The lowest BCUT2D eigenvalue weighted by molar-refractivity contribution is 0.509. The molecule has 0 aliphatic rings. The molecule has 1 rings (SSSR count).